The first kappa shape index (κ1) is 19.6. The number of amides is 1. The second-order valence-corrected chi connectivity index (χ2v) is 9.77. The summed E-state index contributed by atoms with van der Waals surface area (Å²) in [4.78, 5) is 25.2. The van der Waals surface area contributed by atoms with E-state index in [-0.39, 0.29) is 36.5 Å². The molecule has 0 spiro atoms. The maximum Gasteiger partial charge on any atom is 0.306 e. The van der Waals surface area contributed by atoms with Crippen molar-refractivity contribution in [1.82, 2.24) is 5.32 Å². The molecule has 1 saturated heterocycles. The standard InChI is InChI=1S/C19H21NO5S2/c21-17(12-25-18(22)11-14-8-10-27(23,24)13-14)20-19(16-7-4-9-26-16)15-5-2-1-3-6-15/h1-7,9,14,19H,8,10-13H2,(H,20,21)/t14-,19+/m1/s1. The van der Waals surface area contributed by atoms with Crippen molar-refractivity contribution in [3.05, 3.63) is 58.3 Å². The van der Waals surface area contributed by atoms with E-state index in [1.807, 2.05) is 47.8 Å². The van der Waals surface area contributed by atoms with Gasteiger partial charge in [-0.05, 0) is 29.3 Å². The van der Waals surface area contributed by atoms with Crippen LogP contribution in [0.5, 0.6) is 0 Å². The highest BCUT2D eigenvalue weighted by molar-refractivity contribution is 7.91. The molecule has 27 heavy (non-hydrogen) atoms. The Hall–Kier alpha value is -2.19. The Bertz CT molecular complexity index is 878. The number of esters is 1. The maximum absolute atomic E-state index is 12.3. The number of hydrogen-bond acceptors (Lipinski definition) is 6. The van der Waals surface area contributed by atoms with Gasteiger partial charge >= 0.3 is 5.97 Å². The molecule has 0 aliphatic carbocycles. The molecule has 3 rings (SSSR count). The van der Waals surface area contributed by atoms with E-state index < -0.39 is 21.7 Å². The number of carbonyl (C=O) groups excluding carboxylic acids is 2. The highest BCUT2D eigenvalue weighted by Gasteiger charge is 2.30. The third-order valence-electron chi connectivity index (χ3n) is 4.41. The zero-order valence-electron chi connectivity index (χ0n) is 14.7. The van der Waals surface area contributed by atoms with Crippen LogP contribution in [0.25, 0.3) is 0 Å². The van der Waals surface area contributed by atoms with Gasteiger partial charge in [-0.3, -0.25) is 9.59 Å². The lowest BCUT2D eigenvalue weighted by molar-refractivity contribution is -0.149. The molecule has 6 nitrogen and oxygen atoms in total. The van der Waals surface area contributed by atoms with E-state index in [4.69, 9.17) is 4.74 Å². The van der Waals surface area contributed by atoms with Gasteiger partial charge in [0.2, 0.25) is 0 Å². The average molecular weight is 408 g/mol. The molecular formula is C19H21NO5S2. The van der Waals surface area contributed by atoms with E-state index in [2.05, 4.69) is 5.32 Å². The molecule has 0 bridgehead atoms. The number of rotatable bonds is 7. The molecule has 8 heteroatoms. The third kappa shape index (κ3) is 5.64. The quantitative estimate of drug-likeness (QED) is 0.712. The second-order valence-electron chi connectivity index (χ2n) is 6.56. The summed E-state index contributed by atoms with van der Waals surface area (Å²) in [6, 6.07) is 13.1. The Morgan fingerprint density at radius 2 is 1.96 bits per heavy atom. The predicted octanol–water partition coefficient (Wildman–Crippen LogP) is 2.32. The zero-order chi connectivity index (χ0) is 19.3. The molecule has 0 unspecified atom stereocenters. The van der Waals surface area contributed by atoms with Crippen molar-refractivity contribution in [1.29, 1.82) is 0 Å². The number of benzene rings is 1. The van der Waals surface area contributed by atoms with Crippen molar-refractivity contribution < 1.29 is 22.7 Å². The Balaban J connectivity index is 1.53. The summed E-state index contributed by atoms with van der Waals surface area (Å²) in [6.07, 6.45) is 0.498. The van der Waals surface area contributed by atoms with Gasteiger partial charge < -0.3 is 10.1 Å². The first-order valence-electron chi connectivity index (χ1n) is 8.67. The third-order valence-corrected chi connectivity index (χ3v) is 7.19. The van der Waals surface area contributed by atoms with Crippen molar-refractivity contribution in [2.75, 3.05) is 18.1 Å². The lowest BCUT2D eigenvalue weighted by atomic mass is 10.1. The van der Waals surface area contributed by atoms with Gasteiger partial charge in [0.05, 0.1) is 17.5 Å². The van der Waals surface area contributed by atoms with E-state index >= 15 is 0 Å². The molecule has 1 amide bonds. The Kier molecular flexibility index (Phi) is 6.28. The molecule has 2 heterocycles. The van der Waals surface area contributed by atoms with Crippen LogP contribution in [-0.4, -0.2) is 38.4 Å². The molecule has 1 fully saturated rings. The van der Waals surface area contributed by atoms with Crippen molar-refractivity contribution >= 4 is 33.1 Å². The molecule has 0 saturated carbocycles. The van der Waals surface area contributed by atoms with Crippen LogP contribution >= 0.6 is 11.3 Å². The normalized spacial score (nSPS) is 19.3. The predicted molar refractivity (Wildman–Crippen MR) is 103 cm³/mol. The molecule has 1 aromatic heterocycles. The van der Waals surface area contributed by atoms with Crippen LogP contribution in [0.3, 0.4) is 0 Å². The fourth-order valence-corrected chi connectivity index (χ4v) is 5.76. The largest absolute Gasteiger partial charge is 0.456 e. The summed E-state index contributed by atoms with van der Waals surface area (Å²) in [5.74, 6) is -1.02. The van der Waals surface area contributed by atoms with Crippen molar-refractivity contribution in [2.24, 2.45) is 5.92 Å². The van der Waals surface area contributed by atoms with Gasteiger partial charge in [0, 0.05) is 11.3 Å². The molecule has 1 aliphatic rings. The second kappa shape index (κ2) is 8.67. The summed E-state index contributed by atoms with van der Waals surface area (Å²) in [5.41, 5.74) is 0.941. The Morgan fingerprint density at radius 3 is 2.59 bits per heavy atom. The van der Waals surface area contributed by atoms with Crippen LogP contribution in [0.1, 0.15) is 29.3 Å². The summed E-state index contributed by atoms with van der Waals surface area (Å²) >= 11 is 1.53. The molecule has 2 aromatic rings. The molecule has 2 atom stereocenters. The summed E-state index contributed by atoms with van der Waals surface area (Å²) < 4.78 is 27.9. The van der Waals surface area contributed by atoms with Crippen molar-refractivity contribution in [2.45, 2.75) is 18.9 Å². The highest BCUT2D eigenvalue weighted by Crippen LogP contribution is 2.26. The molecular weight excluding hydrogens is 386 g/mol. The van der Waals surface area contributed by atoms with Crippen LogP contribution in [0.15, 0.2) is 47.8 Å². The minimum Gasteiger partial charge on any atom is -0.456 e. The fraction of sp³-hybridized carbons (Fsp3) is 0.368. The first-order valence-corrected chi connectivity index (χ1v) is 11.4. The van der Waals surface area contributed by atoms with Gasteiger partial charge in [0.15, 0.2) is 16.4 Å². The van der Waals surface area contributed by atoms with Gasteiger partial charge in [0.25, 0.3) is 5.91 Å². The monoisotopic (exact) mass is 407 g/mol. The van der Waals surface area contributed by atoms with E-state index in [1.54, 1.807) is 0 Å². The number of carbonyl (C=O) groups is 2. The van der Waals surface area contributed by atoms with Gasteiger partial charge in [-0.1, -0.05) is 36.4 Å². The van der Waals surface area contributed by atoms with Gasteiger partial charge in [-0.25, -0.2) is 8.42 Å². The summed E-state index contributed by atoms with van der Waals surface area (Å²) in [7, 11) is -3.03. The van der Waals surface area contributed by atoms with Crippen LogP contribution in [0, 0.1) is 5.92 Å². The first-order chi connectivity index (χ1) is 12.9. The number of sulfone groups is 1. The van der Waals surface area contributed by atoms with Gasteiger partial charge in [0.1, 0.15) is 0 Å². The minimum absolute atomic E-state index is 0.0166. The number of nitrogens with one attached hydrogen (secondary N) is 1. The zero-order valence-corrected chi connectivity index (χ0v) is 16.3. The van der Waals surface area contributed by atoms with Crippen LogP contribution < -0.4 is 5.32 Å². The maximum atomic E-state index is 12.3. The molecule has 1 aliphatic heterocycles. The topological polar surface area (TPSA) is 89.5 Å². The summed E-state index contributed by atoms with van der Waals surface area (Å²) in [6.45, 7) is -0.382. The van der Waals surface area contributed by atoms with E-state index in [9.17, 15) is 18.0 Å². The van der Waals surface area contributed by atoms with E-state index in [0.717, 1.165) is 10.4 Å². The minimum atomic E-state index is -3.03. The van der Waals surface area contributed by atoms with Crippen LogP contribution in [0.4, 0.5) is 0 Å². The number of thiophene rings is 1. The molecule has 1 aromatic carbocycles. The van der Waals surface area contributed by atoms with Crippen molar-refractivity contribution in [3.8, 4) is 0 Å². The van der Waals surface area contributed by atoms with Crippen LogP contribution in [-0.2, 0) is 24.2 Å². The van der Waals surface area contributed by atoms with Gasteiger partial charge in [-0.2, -0.15) is 0 Å². The molecule has 144 valence electrons. The number of hydrogen-bond donors (Lipinski definition) is 1. The fourth-order valence-electron chi connectivity index (χ4n) is 3.10. The van der Waals surface area contributed by atoms with E-state index in [1.165, 1.54) is 11.3 Å². The van der Waals surface area contributed by atoms with Crippen LogP contribution in [0.2, 0.25) is 0 Å². The highest BCUT2D eigenvalue weighted by atomic mass is 32.2. The van der Waals surface area contributed by atoms with Crippen molar-refractivity contribution in [3.63, 3.8) is 0 Å². The average Bonchev–Trinajstić information content (AvgIpc) is 3.28. The lowest BCUT2D eigenvalue weighted by Crippen LogP contribution is -2.33. The SMILES string of the molecule is O=C(COC(=O)C[C@H]1CCS(=O)(=O)C1)N[C@@H](c1ccccc1)c1cccs1. The Labute approximate surface area is 162 Å². The smallest absolute Gasteiger partial charge is 0.306 e. The number of ether oxygens (including phenoxy) is 1. The molecule has 0 radical (unpaired) electrons. The van der Waals surface area contributed by atoms with Gasteiger partial charge in [-0.15, -0.1) is 11.3 Å². The molecule has 1 N–H and O–H groups in total. The summed E-state index contributed by atoms with van der Waals surface area (Å²) in [5, 5.41) is 4.83. The van der Waals surface area contributed by atoms with E-state index in [0.29, 0.717) is 6.42 Å². The Morgan fingerprint density at radius 1 is 1.19 bits per heavy atom. The lowest BCUT2D eigenvalue weighted by Gasteiger charge is -2.18.